The molecule has 2 saturated carbocycles. The maximum Gasteiger partial charge on any atom is 0.256 e. The smallest absolute Gasteiger partial charge is 0.256 e. The molecule has 2 amide bonds. The van der Waals surface area contributed by atoms with Crippen molar-refractivity contribution in [2.45, 2.75) is 77.4 Å². The van der Waals surface area contributed by atoms with Crippen molar-refractivity contribution < 1.29 is 14.3 Å². The predicted octanol–water partition coefficient (Wildman–Crippen LogP) is 3.19. The molecule has 3 aliphatic rings. The second-order valence-electron chi connectivity index (χ2n) is 8.61. The van der Waals surface area contributed by atoms with Crippen molar-refractivity contribution in [3.63, 3.8) is 0 Å². The van der Waals surface area contributed by atoms with Crippen molar-refractivity contribution in [2.24, 2.45) is 5.41 Å². The molecular formula is C21H29N3O3. The lowest BCUT2D eigenvalue weighted by atomic mass is 10.0. The summed E-state index contributed by atoms with van der Waals surface area (Å²) in [6, 6.07) is 2.20. The van der Waals surface area contributed by atoms with E-state index in [2.05, 4.69) is 17.2 Å². The molecule has 146 valence electrons. The third kappa shape index (κ3) is 3.80. The van der Waals surface area contributed by atoms with Crippen LogP contribution in [0.5, 0.6) is 5.88 Å². The number of amides is 2. The summed E-state index contributed by atoms with van der Waals surface area (Å²) in [6.07, 6.45) is 8.48. The van der Waals surface area contributed by atoms with E-state index in [1.807, 2.05) is 11.0 Å². The maximum absolute atomic E-state index is 12.9. The first-order chi connectivity index (χ1) is 13.0. The van der Waals surface area contributed by atoms with Gasteiger partial charge < -0.3 is 15.0 Å². The first-order valence-corrected chi connectivity index (χ1v) is 10.1. The van der Waals surface area contributed by atoms with Crippen LogP contribution in [0.1, 0.15) is 79.9 Å². The van der Waals surface area contributed by atoms with Crippen LogP contribution in [0.4, 0.5) is 0 Å². The van der Waals surface area contributed by atoms with Crippen molar-refractivity contribution in [2.75, 3.05) is 7.11 Å². The highest BCUT2D eigenvalue weighted by molar-refractivity contribution is 5.98. The second-order valence-corrected chi connectivity index (χ2v) is 8.61. The number of hydrogen-bond acceptors (Lipinski definition) is 4. The van der Waals surface area contributed by atoms with Crippen LogP contribution in [0.3, 0.4) is 0 Å². The fourth-order valence-corrected chi connectivity index (χ4v) is 4.24. The molecule has 2 heterocycles. The normalized spacial score (nSPS) is 20.7. The van der Waals surface area contributed by atoms with Crippen molar-refractivity contribution in [1.82, 2.24) is 15.2 Å². The van der Waals surface area contributed by atoms with E-state index < -0.39 is 0 Å². The number of hydrogen-bond donors (Lipinski definition) is 1. The Kier molecular flexibility index (Phi) is 4.82. The Balaban J connectivity index is 1.43. The number of carbonyl (C=O) groups is 2. The third-order valence-electron chi connectivity index (χ3n) is 6.45. The van der Waals surface area contributed by atoms with E-state index in [1.165, 1.54) is 25.7 Å². The Bertz CT molecular complexity index is 751. The Morgan fingerprint density at radius 2 is 2.11 bits per heavy atom. The van der Waals surface area contributed by atoms with Gasteiger partial charge in [0.25, 0.3) is 5.91 Å². The molecule has 0 atom stereocenters. The summed E-state index contributed by atoms with van der Waals surface area (Å²) in [4.78, 5) is 31.6. The first kappa shape index (κ1) is 18.3. The highest BCUT2D eigenvalue weighted by Crippen LogP contribution is 2.48. The van der Waals surface area contributed by atoms with Crippen LogP contribution in [0.15, 0.2) is 6.07 Å². The molecule has 0 radical (unpaired) electrons. The van der Waals surface area contributed by atoms with Crippen molar-refractivity contribution in [1.29, 1.82) is 0 Å². The van der Waals surface area contributed by atoms with E-state index in [0.29, 0.717) is 42.4 Å². The van der Waals surface area contributed by atoms with Crippen LogP contribution in [-0.2, 0) is 17.9 Å². The van der Waals surface area contributed by atoms with Crippen LogP contribution in [0, 0.1) is 5.41 Å². The molecule has 2 fully saturated rings. The Morgan fingerprint density at radius 3 is 2.78 bits per heavy atom. The molecule has 1 aromatic rings. The van der Waals surface area contributed by atoms with Gasteiger partial charge in [0.15, 0.2) is 0 Å². The molecule has 1 aromatic heterocycles. The Morgan fingerprint density at radius 1 is 1.37 bits per heavy atom. The Hall–Kier alpha value is -2.11. The van der Waals surface area contributed by atoms with Gasteiger partial charge in [-0.25, -0.2) is 4.98 Å². The van der Waals surface area contributed by atoms with Crippen LogP contribution < -0.4 is 10.1 Å². The fourth-order valence-electron chi connectivity index (χ4n) is 4.24. The second kappa shape index (κ2) is 7.13. The third-order valence-corrected chi connectivity index (χ3v) is 6.45. The summed E-state index contributed by atoms with van der Waals surface area (Å²) in [7, 11) is 1.58. The number of carbonyl (C=O) groups excluding carboxylic acids is 2. The van der Waals surface area contributed by atoms with Gasteiger partial charge in [0.1, 0.15) is 0 Å². The highest BCUT2D eigenvalue weighted by atomic mass is 16.5. The SMILES string of the molecule is COc1nc2c(cc1CNC(=O)CCC1(C)CC1)C(=O)N(C1CCCC1)C2. The minimum absolute atomic E-state index is 0.0459. The van der Waals surface area contributed by atoms with Crippen LogP contribution in [0.2, 0.25) is 0 Å². The quantitative estimate of drug-likeness (QED) is 0.799. The summed E-state index contributed by atoms with van der Waals surface area (Å²) < 4.78 is 5.43. The van der Waals surface area contributed by atoms with E-state index in [4.69, 9.17) is 4.74 Å². The van der Waals surface area contributed by atoms with Crippen LogP contribution in [-0.4, -0.2) is 34.8 Å². The van der Waals surface area contributed by atoms with Gasteiger partial charge in [-0.3, -0.25) is 9.59 Å². The van der Waals surface area contributed by atoms with Crippen molar-refractivity contribution >= 4 is 11.8 Å². The van der Waals surface area contributed by atoms with Gasteiger partial charge in [-0.2, -0.15) is 0 Å². The number of nitrogens with zero attached hydrogens (tertiary/aromatic N) is 2. The lowest BCUT2D eigenvalue weighted by Gasteiger charge is -2.22. The monoisotopic (exact) mass is 371 g/mol. The van der Waals surface area contributed by atoms with E-state index in [1.54, 1.807) is 7.11 Å². The number of nitrogens with one attached hydrogen (secondary N) is 1. The van der Waals surface area contributed by atoms with Crippen LogP contribution in [0.25, 0.3) is 0 Å². The molecule has 2 aliphatic carbocycles. The summed E-state index contributed by atoms with van der Waals surface area (Å²) in [6.45, 7) is 3.14. The Labute approximate surface area is 160 Å². The lowest BCUT2D eigenvalue weighted by Crippen LogP contribution is -2.33. The summed E-state index contributed by atoms with van der Waals surface area (Å²) in [5, 5.41) is 2.96. The van der Waals surface area contributed by atoms with Gasteiger partial charge in [-0.1, -0.05) is 19.8 Å². The molecule has 1 aliphatic heterocycles. The molecule has 4 rings (SSSR count). The van der Waals surface area contributed by atoms with Gasteiger partial charge >= 0.3 is 0 Å². The average Bonchev–Trinajstić information content (AvgIpc) is 3.07. The molecule has 6 heteroatoms. The maximum atomic E-state index is 12.9. The van der Waals surface area contributed by atoms with Gasteiger partial charge in [0.05, 0.1) is 24.9 Å². The highest BCUT2D eigenvalue weighted by Gasteiger charge is 2.37. The fraction of sp³-hybridized carbons (Fsp3) is 0.667. The molecule has 6 nitrogen and oxygen atoms in total. The molecule has 0 aromatic carbocycles. The van der Waals surface area contributed by atoms with Gasteiger partial charge in [0.2, 0.25) is 11.8 Å². The average molecular weight is 371 g/mol. The molecule has 0 spiro atoms. The molecule has 0 saturated heterocycles. The van der Waals surface area contributed by atoms with E-state index in [0.717, 1.165) is 30.5 Å². The predicted molar refractivity (Wildman–Crippen MR) is 101 cm³/mol. The van der Waals surface area contributed by atoms with Crippen molar-refractivity contribution in [3.05, 3.63) is 22.9 Å². The van der Waals surface area contributed by atoms with Crippen LogP contribution >= 0.6 is 0 Å². The zero-order chi connectivity index (χ0) is 19.0. The van der Waals surface area contributed by atoms with Crippen molar-refractivity contribution in [3.8, 4) is 5.88 Å². The molecule has 1 N–H and O–H groups in total. The first-order valence-electron chi connectivity index (χ1n) is 10.1. The van der Waals surface area contributed by atoms with Gasteiger partial charge in [-0.05, 0) is 43.6 Å². The summed E-state index contributed by atoms with van der Waals surface area (Å²) >= 11 is 0. The molecular weight excluding hydrogens is 342 g/mol. The molecule has 0 bridgehead atoms. The largest absolute Gasteiger partial charge is 0.481 e. The molecule has 0 unspecified atom stereocenters. The lowest BCUT2D eigenvalue weighted by molar-refractivity contribution is -0.121. The molecule has 27 heavy (non-hydrogen) atoms. The number of ether oxygens (including phenoxy) is 1. The minimum atomic E-state index is 0.0459. The number of rotatable bonds is 7. The van der Waals surface area contributed by atoms with E-state index in [-0.39, 0.29) is 11.8 Å². The standard InChI is InChI=1S/C21H29N3O3/c1-21(9-10-21)8-7-18(25)22-12-14-11-16-17(23-19(14)27-2)13-24(20(16)26)15-5-3-4-6-15/h11,15H,3-10,12-13H2,1-2H3,(H,22,25). The van der Waals surface area contributed by atoms with E-state index in [9.17, 15) is 9.59 Å². The number of methoxy groups -OCH3 is 1. The summed E-state index contributed by atoms with van der Waals surface area (Å²) in [5.74, 6) is 0.621. The zero-order valence-corrected chi connectivity index (χ0v) is 16.3. The zero-order valence-electron chi connectivity index (χ0n) is 16.3. The van der Waals surface area contributed by atoms with Gasteiger partial charge in [-0.15, -0.1) is 0 Å². The number of fused-ring (bicyclic) bond motifs is 1. The number of aromatic nitrogens is 1. The van der Waals surface area contributed by atoms with Gasteiger partial charge in [0, 0.05) is 24.6 Å². The summed E-state index contributed by atoms with van der Waals surface area (Å²) in [5.41, 5.74) is 2.60. The topological polar surface area (TPSA) is 71.5 Å². The number of pyridine rings is 1. The minimum Gasteiger partial charge on any atom is -0.481 e. The van der Waals surface area contributed by atoms with E-state index >= 15 is 0 Å².